The van der Waals surface area contributed by atoms with Crippen molar-refractivity contribution in [1.29, 1.82) is 0 Å². The van der Waals surface area contributed by atoms with Gasteiger partial charge in [0.25, 0.3) is 5.91 Å². The van der Waals surface area contributed by atoms with Crippen LogP contribution in [-0.4, -0.2) is 50.7 Å². The number of ether oxygens (including phenoxy) is 2. The van der Waals surface area contributed by atoms with Crippen LogP contribution in [0.1, 0.15) is 23.2 Å². The number of piperidine rings is 1. The van der Waals surface area contributed by atoms with Crippen LogP contribution >= 0.6 is 0 Å². The van der Waals surface area contributed by atoms with Gasteiger partial charge in [0.05, 0.1) is 19.8 Å². The summed E-state index contributed by atoms with van der Waals surface area (Å²) in [7, 11) is 3.19. The molecule has 2 aliphatic rings. The van der Waals surface area contributed by atoms with E-state index in [-0.39, 0.29) is 5.91 Å². The van der Waals surface area contributed by atoms with Crippen LogP contribution in [0.25, 0.3) is 0 Å². The van der Waals surface area contributed by atoms with Crippen LogP contribution in [0.3, 0.4) is 0 Å². The van der Waals surface area contributed by atoms with E-state index in [4.69, 9.17) is 9.47 Å². The summed E-state index contributed by atoms with van der Waals surface area (Å²) in [6.45, 7) is 2.67. The highest BCUT2D eigenvalue weighted by Gasteiger charge is 2.37. The Labute approximate surface area is 125 Å². The Hall–Kier alpha value is -1.75. The third-order valence-electron chi connectivity index (χ3n) is 4.52. The van der Waals surface area contributed by atoms with E-state index >= 15 is 0 Å². The lowest BCUT2D eigenvalue weighted by Crippen LogP contribution is -2.41. The Morgan fingerprint density at radius 2 is 2.14 bits per heavy atom. The molecule has 0 bridgehead atoms. The van der Waals surface area contributed by atoms with E-state index in [1.807, 2.05) is 4.90 Å². The van der Waals surface area contributed by atoms with E-state index in [2.05, 4.69) is 5.32 Å². The van der Waals surface area contributed by atoms with Crippen molar-refractivity contribution >= 4 is 5.91 Å². The zero-order valence-electron chi connectivity index (χ0n) is 12.6. The number of rotatable bonds is 3. The second kappa shape index (κ2) is 5.93. The fourth-order valence-electron chi connectivity index (χ4n) is 3.36. The van der Waals surface area contributed by atoms with Crippen molar-refractivity contribution in [3.63, 3.8) is 0 Å². The minimum Gasteiger partial charge on any atom is -0.497 e. The predicted octanol–water partition coefficient (Wildman–Crippen LogP) is 1.53. The standard InChI is InChI=1S/C16H22N2O3/c1-20-12-5-6-15(21-2)13(8-12)16(19)18-9-11-4-3-7-17-14(11)10-18/h5-6,8,11,14,17H,3-4,7,9-10H2,1-2H3. The van der Waals surface area contributed by atoms with Crippen molar-refractivity contribution in [1.82, 2.24) is 10.2 Å². The molecule has 0 aliphatic carbocycles. The smallest absolute Gasteiger partial charge is 0.257 e. The molecule has 3 rings (SSSR count). The Morgan fingerprint density at radius 3 is 2.86 bits per heavy atom. The molecule has 0 radical (unpaired) electrons. The van der Waals surface area contributed by atoms with Crippen LogP contribution in [0.5, 0.6) is 11.5 Å². The third kappa shape index (κ3) is 2.70. The van der Waals surface area contributed by atoms with Crippen LogP contribution in [0.4, 0.5) is 0 Å². The number of likely N-dealkylation sites (tertiary alicyclic amines) is 1. The fourth-order valence-corrected chi connectivity index (χ4v) is 3.36. The summed E-state index contributed by atoms with van der Waals surface area (Å²) in [6, 6.07) is 5.80. The van der Waals surface area contributed by atoms with Gasteiger partial charge in [0.15, 0.2) is 0 Å². The van der Waals surface area contributed by atoms with E-state index < -0.39 is 0 Å². The number of nitrogens with one attached hydrogen (secondary N) is 1. The van der Waals surface area contributed by atoms with E-state index in [1.165, 1.54) is 12.8 Å². The number of fused-ring (bicyclic) bond motifs is 1. The molecule has 1 aromatic carbocycles. The van der Waals surface area contributed by atoms with Gasteiger partial charge in [0.1, 0.15) is 11.5 Å². The monoisotopic (exact) mass is 290 g/mol. The van der Waals surface area contributed by atoms with Crippen LogP contribution in [0.2, 0.25) is 0 Å². The summed E-state index contributed by atoms with van der Waals surface area (Å²) in [5.74, 6) is 1.89. The highest BCUT2D eigenvalue weighted by Crippen LogP contribution is 2.30. The van der Waals surface area contributed by atoms with Crippen LogP contribution in [-0.2, 0) is 0 Å². The molecule has 5 heteroatoms. The zero-order chi connectivity index (χ0) is 14.8. The van der Waals surface area contributed by atoms with E-state index in [9.17, 15) is 4.79 Å². The average Bonchev–Trinajstić information content (AvgIpc) is 2.97. The molecular weight excluding hydrogens is 268 g/mol. The largest absolute Gasteiger partial charge is 0.497 e. The van der Waals surface area contributed by atoms with Gasteiger partial charge in [-0.05, 0) is 43.5 Å². The molecule has 5 nitrogen and oxygen atoms in total. The molecule has 1 N–H and O–H groups in total. The molecule has 2 saturated heterocycles. The minimum atomic E-state index is 0.0296. The zero-order valence-corrected chi connectivity index (χ0v) is 12.6. The fraction of sp³-hybridized carbons (Fsp3) is 0.562. The number of nitrogens with zero attached hydrogens (tertiary/aromatic N) is 1. The van der Waals surface area contributed by atoms with Gasteiger partial charge in [0, 0.05) is 19.1 Å². The maximum Gasteiger partial charge on any atom is 0.257 e. The number of carbonyl (C=O) groups is 1. The lowest BCUT2D eigenvalue weighted by molar-refractivity contribution is 0.0782. The first-order valence-electron chi connectivity index (χ1n) is 7.47. The number of amides is 1. The maximum absolute atomic E-state index is 12.8. The first-order chi connectivity index (χ1) is 10.2. The van der Waals surface area contributed by atoms with Gasteiger partial charge in [-0.1, -0.05) is 0 Å². The van der Waals surface area contributed by atoms with Gasteiger partial charge in [-0.2, -0.15) is 0 Å². The summed E-state index contributed by atoms with van der Waals surface area (Å²) in [5.41, 5.74) is 0.579. The number of benzene rings is 1. The molecular formula is C16H22N2O3. The topological polar surface area (TPSA) is 50.8 Å². The highest BCUT2D eigenvalue weighted by atomic mass is 16.5. The SMILES string of the molecule is COc1ccc(OC)c(C(=O)N2CC3CCCNC3C2)c1. The molecule has 21 heavy (non-hydrogen) atoms. The van der Waals surface area contributed by atoms with Crippen molar-refractivity contribution in [3.8, 4) is 11.5 Å². The molecule has 0 aromatic heterocycles. The Morgan fingerprint density at radius 1 is 1.29 bits per heavy atom. The lowest BCUT2D eigenvalue weighted by atomic mass is 9.94. The molecule has 2 fully saturated rings. The minimum absolute atomic E-state index is 0.0296. The third-order valence-corrected chi connectivity index (χ3v) is 4.52. The van der Waals surface area contributed by atoms with Gasteiger partial charge >= 0.3 is 0 Å². The molecule has 0 saturated carbocycles. The predicted molar refractivity (Wildman–Crippen MR) is 80.0 cm³/mol. The van der Waals surface area contributed by atoms with Gasteiger partial charge in [0.2, 0.25) is 0 Å². The number of carbonyl (C=O) groups excluding carboxylic acids is 1. The molecule has 114 valence electrons. The van der Waals surface area contributed by atoms with Crippen LogP contribution < -0.4 is 14.8 Å². The molecule has 1 aromatic rings. The Balaban J connectivity index is 1.81. The summed E-state index contributed by atoms with van der Waals surface area (Å²) >= 11 is 0. The van der Waals surface area contributed by atoms with Crippen LogP contribution in [0, 0.1) is 5.92 Å². The van der Waals surface area contributed by atoms with Crippen molar-refractivity contribution in [2.75, 3.05) is 33.9 Å². The number of methoxy groups -OCH3 is 2. The molecule has 2 heterocycles. The lowest BCUT2D eigenvalue weighted by Gasteiger charge is -2.24. The molecule has 2 aliphatic heterocycles. The van der Waals surface area contributed by atoms with Crippen LogP contribution in [0.15, 0.2) is 18.2 Å². The molecule has 1 amide bonds. The van der Waals surface area contributed by atoms with Crippen molar-refractivity contribution in [2.45, 2.75) is 18.9 Å². The summed E-state index contributed by atoms with van der Waals surface area (Å²) in [5, 5.41) is 3.52. The summed E-state index contributed by atoms with van der Waals surface area (Å²) < 4.78 is 10.5. The Kier molecular flexibility index (Phi) is 4.01. The van der Waals surface area contributed by atoms with E-state index in [1.54, 1.807) is 32.4 Å². The molecule has 2 atom stereocenters. The quantitative estimate of drug-likeness (QED) is 0.917. The van der Waals surface area contributed by atoms with E-state index in [0.717, 1.165) is 19.6 Å². The van der Waals surface area contributed by atoms with Gasteiger partial charge in [-0.3, -0.25) is 4.79 Å². The van der Waals surface area contributed by atoms with Crippen molar-refractivity contribution in [3.05, 3.63) is 23.8 Å². The highest BCUT2D eigenvalue weighted by molar-refractivity contribution is 5.97. The maximum atomic E-state index is 12.8. The normalized spacial score (nSPS) is 24.6. The van der Waals surface area contributed by atoms with Gasteiger partial charge in [-0.25, -0.2) is 0 Å². The van der Waals surface area contributed by atoms with Crippen molar-refractivity contribution in [2.24, 2.45) is 5.92 Å². The summed E-state index contributed by atoms with van der Waals surface area (Å²) in [4.78, 5) is 14.7. The second-order valence-corrected chi connectivity index (χ2v) is 5.74. The second-order valence-electron chi connectivity index (χ2n) is 5.74. The number of hydrogen-bond acceptors (Lipinski definition) is 4. The Bertz CT molecular complexity index is 518. The summed E-state index contributed by atoms with van der Waals surface area (Å²) in [6.07, 6.45) is 2.41. The van der Waals surface area contributed by atoms with Gasteiger partial charge in [-0.15, -0.1) is 0 Å². The van der Waals surface area contributed by atoms with E-state index in [0.29, 0.717) is 29.0 Å². The van der Waals surface area contributed by atoms with Crippen molar-refractivity contribution < 1.29 is 14.3 Å². The molecule has 0 spiro atoms. The molecule has 2 unspecified atom stereocenters. The first kappa shape index (κ1) is 14.2. The number of hydrogen-bond donors (Lipinski definition) is 1. The first-order valence-corrected chi connectivity index (χ1v) is 7.47. The average molecular weight is 290 g/mol. The van der Waals surface area contributed by atoms with Gasteiger partial charge < -0.3 is 19.7 Å².